The van der Waals surface area contributed by atoms with E-state index in [0.29, 0.717) is 0 Å². The molecule has 0 aliphatic heterocycles. The number of benzene rings is 1. The van der Waals surface area contributed by atoms with E-state index in [2.05, 4.69) is 3.63 Å². The lowest BCUT2D eigenvalue weighted by Crippen LogP contribution is -2.10. The Balaban J connectivity index is 3.22. The van der Waals surface area contributed by atoms with Crippen LogP contribution in [-0.2, 0) is 25.1 Å². The molecule has 0 aliphatic rings. The van der Waals surface area contributed by atoms with Gasteiger partial charge in [-0.2, -0.15) is 12.6 Å². The number of rotatable bonds is 3. The Morgan fingerprint density at radius 3 is 2.40 bits per heavy atom. The summed E-state index contributed by atoms with van der Waals surface area (Å²) in [5.41, 5.74) is 10.8. The first-order valence-electron chi connectivity index (χ1n) is 3.54. The van der Waals surface area contributed by atoms with Crippen LogP contribution in [0.25, 0.3) is 0 Å². The number of hydrogen-bond acceptors (Lipinski definition) is 6. The van der Waals surface area contributed by atoms with Gasteiger partial charge >= 0.3 is 21.5 Å². The van der Waals surface area contributed by atoms with Gasteiger partial charge in [-0.1, -0.05) is 0 Å². The molecule has 1 rings (SSSR count). The van der Waals surface area contributed by atoms with Crippen LogP contribution in [0.4, 0.5) is 11.4 Å². The van der Waals surface area contributed by atoms with E-state index in [1.54, 1.807) is 0 Å². The van der Waals surface area contributed by atoms with Gasteiger partial charge in [-0.15, -0.1) is 3.63 Å². The van der Waals surface area contributed by atoms with E-state index in [1.807, 2.05) is 0 Å². The smallest absolute Gasteiger partial charge is 0.317 e. The molecule has 5 N–H and O–H groups in total. The number of anilines is 2. The summed E-state index contributed by atoms with van der Waals surface area (Å²) in [7, 11) is -4.34. The number of nitrogens with two attached hydrogens (primary N) is 2. The summed E-state index contributed by atoms with van der Waals surface area (Å²) in [6.07, 6.45) is 0. The molecule has 0 bridgehead atoms. The highest BCUT2D eigenvalue weighted by Gasteiger charge is 2.21. The summed E-state index contributed by atoms with van der Waals surface area (Å²) < 4.78 is 44.9. The Hall–Kier alpha value is -1.16. The third-order valence-electron chi connectivity index (χ3n) is 1.45. The Morgan fingerprint density at radius 1 is 1.33 bits per heavy atom. The van der Waals surface area contributed by atoms with Crippen molar-refractivity contribution >= 4 is 32.9 Å². The van der Waals surface area contributed by atoms with Gasteiger partial charge in [0.05, 0.1) is 5.69 Å². The van der Waals surface area contributed by atoms with E-state index in [4.69, 9.17) is 16.0 Å². The minimum atomic E-state index is -4.34. The zero-order valence-electron chi connectivity index (χ0n) is 7.28. The molecule has 0 heterocycles. The fraction of sp³-hybridized carbons (Fsp3) is 0. The second kappa shape index (κ2) is 4.14. The van der Waals surface area contributed by atoms with Crippen LogP contribution in [-0.4, -0.2) is 17.2 Å². The van der Waals surface area contributed by atoms with Crippen LogP contribution in [0.5, 0.6) is 0 Å². The quantitative estimate of drug-likeness (QED) is 0.496. The Bertz CT molecular complexity index is 498. The minimum absolute atomic E-state index is 0.152. The summed E-state index contributed by atoms with van der Waals surface area (Å²) in [6.45, 7) is 0. The molecule has 1 aromatic rings. The lowest BCUT2D eigenvalue weighted by Gasteiger charge is -2.05. The standard InChI is InChI=1S/C6H8N2O5S2/c7-4-1-2-6(5(8)3-4)15(11,12)13-14(9)10/h1-3H,7-8H2,(H,9,10). The summed E-state index contributed by atoms with van der Waals surface area (Å²) in [5.74, 6) is 0. The highest BCUT2D eigenvalue weighted by molar-refractivity contribution is 7.95. The van der Waals surface area contributed by atoms with E-state index in [-0.39, 0.29) is 11.4 Å². The summed E-state index contributed by atoms with van der Waals surface area (Å²) >= 11 is -2.92. The van der Waals surface area contributed by atoms with E-state index in [0.717, 1.165) is 6.07 Å². The average molecular weight is 252 g/mol. The second-order valence-corrected chi connectivity index (χ2v) is 4.86. The van der Waals surface area contributed by atoms with Gasteiger partial charge in [0.15, 0.2) is 0 Å². The normalized spacial score (nSPS) is 13.7. The molecule has 9 heteroatoms. The van der Waals surface area contributed by atoms with Gasteiger partial charge in [0.2, 0.25) is 0 Å². The predicted molar refractivity (Wildman–Crippen MR) is 54.3 cm³/mol. The Labute approximate surface area is 88.6 Å². The third kappa shape index (κ3) is 2.89. The van der Waals surface area contributed by atoms with Gasteiger partial charge in [-0.05, 0) is 18.2 Å². The van der Waals surface area contributed by atoms with Gasteiger partial charge in [0.1, 0.15) is 4.90 Å². The number of hydrogen-bond donors (Lipinski definition) is 3. The largest absolute Gasteiger partial charge is 0.399 e. The van der Waals surface area contributed by atoms with Crippen molar-refractivity contribution < 1.29 is 20.8 Å². The first kappa shape index (κ1) is 11.9. The summed E-state index contributed by atoms with van der Waals surface area (Å²) in [6, 6.07) is 3.58. The Morgan fingerprint density at radius 2 is 1.93 bits per heavy atom. The van der Waals surface area contributed by atoms with Crippen molar-refractivity contribution in [2.75, 3.05) is 11.5 Å². The van der Waals surface area contributed by atoms with Crippen molar-refractivity contribution in [1.82, 2.24) is 0 Å². The highest BCUT2D eigenvalue weighted by atomic mass is 32.3. The summed E-state index contributed by atoms with van der Waals surface area (Å²) in [5, 5.41) is 0. The number of nitrogen functional groups attached to an aromatic ring is 2. The molecule has 0 spiro atoms. The van der Waals surface area contributed by atoms with E-state index in [1.165, 1.54) is 12.1 Å². The van der Waals surface area contributed by atoms with E-state index >= 15 is 0 Å². The zero-order chi connectivity index (χ0) is 11.6. The van der Waals surface area contributed by atoms with Crippen LogP contribution in [0.2, 0.25) is 0 Å². The Kier molecular flexibility index (Phi) is 3.29. The molecule has 0 amide bonds. The fourth-order valence-corrected chi connectivity index (χ4v) is 2.40. The van der Waals surface area contributed by atoms with Crippen molar-refractivity contribution in [2.24, 2.45) is 0 Å². The molecular weight excluding hydrogens is 244 g/mol. The van der Waals surface area contributed by atoms with Crippen molar-refractivity contribution in [1.29, 1.82) is 0 Å². The lowest BCUT2D eigenvalue weighted by molar-refractivity contribution is 0.443. The molecule has 7 nitrogen and oxygen atoms in total. The van der Waals surface area contributed by atoms with E-state index in [9.17, 15) is 12.6 Å². The van der Waals surface area contributed by atoms with Crippen LogP contribution in [0, 0.1) is 0 Å². The molecule has 15 heavy (non-hydrogen) atoms. The van der Waals surface area contributed by atoms with Gasteiger partial charge in [-0.25, -0.2) is 0 Å². The molecule has 84 valence electrons. The van der Waals surface area contributed by atoms with Crippen molar-refractivity contribution in [2.45, 2.75) is 4.90 Å². The molecular formula is C6H8N2O5S2. The highest BCUT2D eigenvalue weighted by Crippen LogP contribution is 2.22. The SMILES string of the molecule is Nc1ccc(S(=O)(=O)OS(=O)O)c(N)c1. The van der Waals surface area contributed by atoms with Crippen LogP contribution in [0.15, 0.2) is 23.1 Å². The maximum absolute atomic E-state index is 11.3. The van der Waals surface area contributed by atoms with Gasteiger partial charge < -0.3 is 11.5 Å². The molecule has 0 saturated carbocycles. The molecule has 0 fully saturated rings. The molecule has 1 unspecified atom stereocenters. The van der Waals surface area contributed by atoms with Crippen molar-refractivity contribution in [3.63, 3.8) is 0 Å². The molecule has 0 radical (unpaired) electrons. The topological polar surface area (TPSA) is 133 Å². The second-order valence-electron chi connectivity index (χ2n) is 2.54. The van der Waals surface area contributed by atoms with Crippen molar-refractivity contribution in [3.05, 3.63) is 18.2 Å². The first-order chi connectivity index (χ1) is 6.83. The monoisotopic (exact) mass is 252 g/mol. The minimum Gasteiger partial charge on any atom is -0.399 e. The van der Waals surface area contributed by atoms with Gasteiger partial charge in [0.25, 0.3) is 0 Å². The molecule has 1 atom stereocenters. The molecule has 1 aromatic carbocycles. The summed E-state index contributed by atoms with van der Waals surface area (Å²) in [4.78, 5) is -0.404. The van der Waals surface area contributed by atoms with Crippen molar-refractivity contribution in [3.8, 4) is 0 Å². The lowest BCUT2D eigenvalue weighted by atomic mass is 10.3. The van der Waals surface area contributed by atoms with Crippen LogP contribution in [0.1, 0.15) is 0 Å². The predicted octanol–water partition coefficient (Wildman–Crippen LogP) is -0.307. The van der Waals surface area contributed by atoms with Gasteiger partial charge in [-0.3, -0.25) is 4.55 Å². The fourth-order valence-electron chi connectivity index (χ4n) is 0.908. The zero-order valence-corrected chi connectivity index (χ0v) is 8.92. The first-order valence-corrected chi connectivity index (χ1v) is 5.98. The molecule has 0 aliphatic carbocycles. The van der Waals surface area contributed by atoms with E-state index < -0.39 is 26.4 Å². The average Bonchev–Trinajstić information content (AvgIpc) is 1.99. The third-order valence-corrected chi connectivity index (χ3v) is 3.54. The molecule has 0 saturated heterocycles. The maximum atomic E-state index is 11.3. The van der Waals surface area contributed by atoms with Gasteiger partial charge in [0, 0.05) is 5.69 Å². The molecule has 0 aromatic heterocycles. The maximum Gasteiger partial charge on any atom is 0.317 e. The van der Waals surface area contributed by atoms with Crippen LogP contribution < -0.4 is 11.5 Å². The van der Waals surface area contributed by atoms with Crippen LogP contribution in [0.3, 0.4) is 0 Å². The van der Waals surface area contributed by atoms with Crippen LogP contribution >= 0.6 is 0 Å².